The van der Waals surface area contributed by atoms with Gasteiger partial charge in [0.25, 0.3) is 5.91 Å². The summed E-state index contributed by atoms with van der Waals surface area (Å²) in [5.74, 6) is -0.741. The van der Waals surface area contributed by atoms with Crippen LogP contribution in [0.15, 0.2) is 4.90 Å². The second-order valence-corrected chi connectivity index (χ2v) is 8.26. The molecule has 6 N–H and O–H groups in total. The molecule has 1 aromatic rings. The summed E-state index contributed by atoms with van der Waals surface area (Å²) < 4.78 is 23.8. The maximum Gasteiger partial charge on any atom is 0.261 e. The molecule has 1 amide bonds. The zero-order chi connectivity index (χ0) is 15.8. The lowest BCUT2D eigenvalue weighted by molar-refractivity contribution is 0.100. The summed E-state index contributed by atoms with van der Waals surface area (Å²) in [4.78, 5) is 11.3. The van der Waals surface area contributed by atoms with E-state index < -0.39 is 15.7 Å². The first-order valence-electron chi connectivity index (χ1n) is 6.57. The van der Waals surface area contributed by atoms with Crippen molar-refractivity contribution in [3.05, 3.63) is 4.88 Å². The van der Waals surface area contributed by atoms with Crippen LogP contribution >= 0.6 is 11.3 Å². The van der Waals surface area contributed by atoms with E-state index in [4.69, 9.17) is 11.5 Å². The van der Waals surface area contributed by atoms with Crippen LogP contribution in [0.25, 0.3) is 0 Å². The number of aliphatic hydroxyl groups is 1. The number of anilines is 2. The molecule has 0 spiro atoms. The molecule has 1 saturated carbocycles. The number of nitrogens with one attached hydrogen (secondary N) is 1. The molecule has 9 heteroatoms. The summed E-state index contributed by atoms with van der Waals surface area (Å²) in [7, 11) is -3.57. The van der Waals surface area contributed by atoms with Crippen LogP contribution < -0.4 is 16.8 Å². The first-order chi connectivity index (χ1) is 9.70. The predicted molar refractivity (Wildman–Crippen MR) is 82.2 cm³/mol. The number of hydrogen-bond donors (Lipinski definition) is 4. The van der Waals surface area contributed by atoms with Gasteiger partial charge in [-0.05, 0) is 25.7 Å². The molecule has 0 aromatic carbocycles. The van der Waals surface area contributed by atoms with Crippen LogP contribution in [0, 0.1) is 0 Å². The van der Waals surface area contributed by atoms with E-state index in [0.29, 0.717) is 17.8 Å². The molecule has 0 saturated heterocycles. The molecule has 0 bridgehead atoms. The van der Waals surface area contributed by atoms with E-state index in [0.717, 1.165) is 30.4 Å². The van der Waals surface area contributed by atoms with Gasteiger partial charge in [-0.2, -0.15) is 0 Å². The number of nitrogen functional groups attached to an aromatic ring is 1. The van der Waals surface area contributed by atoms with Gasteiger partial charge in [-0.25, -0.2) is 8.42 Å². The van der Waals surface area contributed by atoms with E-state index >= 15 is 0 Å². The minimum Gasteiger partial charge on any atom is -0.396 e. The van der Waals surface area contributed by atoms with E-state index in [2.05, 4.69) is 5.32 Å². The maximum absolute atomic E-state index is 11.9. The molecule has 0 aliphatic heterocycles. The SMILES string of the molecule is CS(=O)(=O)c1c(NC2CCC(O)CC2)sc(C(N)=O)c1N. The number of aliphatic hydroxyl groups excluding tert-OH is 1. The smallest absolute Gasteiger partial charge is 0.261 e. The molecule has 1 aromatic heterocycles. The highest BCUT2D eigenvalue weighted by atomic mass is 32.2. The summed E-state index contributed by atoms with van der Waals surface area (Å²) in [5, 5.41) is 13.0. The Morgan fingerprint density at radius 2 is 1.90 bits per heavy atom. The fourth-order valence-electron chi connectivity index (χ4n) is 2.48. The van der Waals surface area contributed by atoms with Crippen molar-refractivity contribution in [2.24, 2.45) is 5.73 Å². The molecule has 118 valence electrons. The molecular formula is C12H19N3O4S2. The topological polar surface area (TPSA) is 136 Å². The summed E-state index contributed by atoms with van der Waals surface area (Å²) in [5.41, 5.74) is 10.9. The minimum atomic E-state index is -3.57. The van der Waals surface area contributed by atoms with Crippen molar-refractivity contribution in [3.63, 3.8) is 0 Å². The Balaban J connectivity index is 2.34. The normalized spacial score (nSPS) is 23.0. The quantitative estimate of drug-likeness (QED) is 0.635. The first-order valence-corrected chi connectivity index (χ1v) is 9.27. The largest absolute Gasteiger partial charge is 0.396 e. The molecule has 2 rings (SSSR count). The lowest BCUT2D eigenvalue weighted by atomic mass is 9.93. The lowest BCUT2D eigenvalue weighted by Gasteiger charge is -2.26. The number of carbonyl (C=O) groups is 1. The zero-order valence-corrected chi connectivity index (χ0v) is 13.3. The van der Waals surface area contributed by atoms with Crippen molar-refractivity contribution in [2.45, 2.75) is 42.7 Å². The van der Waals surface area contributed by atoms with Gasteiger partial charge in [-0.3, -0.25) is 4.79 Å². The molecule has 7 nitrogen and oxygen atoms in total. The number of amides is 1. The number of thiophene rings is 1. The molecule has 0 radical (unpaired) electrons. The van der Waals surface area contributed by atoms with Crippen LogP contribution in [0.5, 0.6) is 0 Å². The van der Waals surface area contributed by atoms with Crippen molar-refractivity contribution in [3.8, 4) is 0 Å². The summed E-state index contributed by atoms with van der Waals surface area (Å²) in [6.07, 6.45) is 3.53. The second-order valence-electron chi connectivity index (χ2n) is 5.29. The van der Waals surface area contributed by atoms with Crippen molar-refractivity contribution in [1.82, 2.24) is 0 Å². The predicted octanol–water partition coefficient (Wildman–Crippen LogP) is 0.548. The average molecular weight is 333 g/mol. The minimum absolute atomic E-state index is 0.0488. The lowest BCUT2D eigenvalue weighted by Crippen LogP contribution is -2.28. The van der Waals surface area contributed by atoms with Gasteiger partial charge in [-0.1, -0.05) is 0 Å². The third-order valence-electron chi connectivity index (χ3n) is 3.53. The van der Waals surface area contributed by atoms with E-state index in [1.54, 1.807) is 0 Å². The van der Waals surface area contributed by atoms with Gasteiger partial charge in [0.2, 0.25) is 0 Å². The van der Waals surface area contributed by atoms with Crippen LogP contribution in [0.1, 0.15) is 35.4 Å². The summed E-state index contributed by atoms with van der Waals surface area (Å²) in [6, 6.07) is 0.0488. The fraction of sp³-hybridized carbons (Fsp3) is 0.583. The average Bonchev–Trinajstić information content (AvgIpc) is 2.69. The van der Waals surface area contributed by atoms with Crippen LogP contribution in [-0.2, 0) is 9.84 Å². The highest BCUT2D eigenvalue weighted by molar-refractivity contribution is 7.91. The van der Waals surface area contributed by atoms with Crippen LogP contribution in [0.3, 0.4) is 0 Å². The molecule has 21 heavy (non-hydrogen) atoms. The molecule has 0 atom stereocenters. The van der Waals surface area contributed by atoms with Crippen molar-refractivity contribution in [2.75, 3.05) is 17.3 Å². The molecule has 1 heterocycles. The Morgan fingerprint density at radius 3 is 2.38 bits per heavy atom. The highest BCUT2D eigenvalue weighted by Gasteiger charge is 2.28. The number of sulfone groups is 1. The number of hydrogen-bond acceptors (Lipinski definition) is 7. The Hall–Kier alpha value is -1.32. The van der Waals surface area contributed by atoms with Crippen molar-refractivity contribution in [1.29, 1.82) is 0 Å². The Kier molecular flexibility index (Phi) is 4.45. The van der Waals surface area contributed by atoms with Gasteiger partial charge < -0.3 is 21.9 Å². The standard InChI is InChI=1S/C12H19N3O4S2/c1-21(18,19)10-8(13)9(11(14)17)20-12(10)15-6-2-4-7(16)5-3-6/h6-7,15-16H,2-5,13H2,1H3,(H2,14,17). The zero-order valence-electron chi connectivity index (χ0n) is 11.6. The Bertz CT molecular complexity index is 646. The second kappa shape index (κ2) is 5.82. The van der Waals surface area contributed by atoms with E-state index in [1.165, 1.54) is 0 Å². The third-order valence-corrected chi connectivity index (χ3v) is 5.97. The van der Waals surface area contributed by atoms with Gasteiger partial charge in [0.1, 0.15) is 14.8 Å². The number of nitrogens with two attached hydrogens (primary N) is 2. The Morgan fingerprint density at radius 1 is 1.33 bits per heavy atom. The molecule has 1 aliphatic carbocycles. The number of rotatable bonds is 4. The van der Waals surface area contributed by atoms with E-state index in [9.17, 15) is 18.3 Å². The van der Waals surface area contributed by atoms with Gasteiger partial charge >= 0.3 is 0 Å². The van der Waals surface area contributed by atoms with Gasteiger partial charge in [-0.15, -0.1) is 11.3 Å². The first kappa shape index (κ1) is 16.1. The summed E-state index contributed by atoms with van der Waals surface area (Å²) in [6.45, 7) is 0. The number of carbonyl (C=O) groups excluding carboxylic acids is 1. The molecular weight excluding hydrogens is 314 g/mol. The van der Waals surface area contributed by atoms with Crippen molar-refractivity contribution >= 4 is 37.8 Å². The van der Waals surface area contributed by atoms with Crippen LogP contribution in [0.4, 0.5) is 10.7 Å². The third kappa shape index (κ3) is 3.47. The molecule has 0 unspecified atom stereocenters. The highest BCUT2D eigenvalue weighted by Crippen LogP contribution is 2.40. The van der Waals surface area contributed by atoms with Crippen LogP contribution in [-0.4, -0.2) is 37.8 Å². The van der Waals surface area contributed by atoms with E-state index in [1.807, 2.05) is 0 Å². The van der Waals surface area contributed by atoms with Gasteiger partial charge in [0.15, 0.2) is 9.84 Å². The summed E-state index contributed by atoms with van der Waals surface area (Å²) >= 11 is 0.963. The van der Waals surface area contributed by atoms with Crippen molar-refractivity contribution < 1.29 is 18.3 Å². The van der Waals surface area contributed by atoms with Gasteiger partial charge in [0, 0.05) is 12.3 Å². The maximum atomic E-state index is 11.9. The fourth-order valence-corrected chi connectivity index (χ4v) is 4.97. The van der Waals surface area contributed by atoms with Crippen LogP contribution in [0.2, 0.25) is 0 Å². The Labute approximate surface area is 127 Å². The monoisotopic (exact) mass is 333 g/mol. The molecule has 1 aliphatic rings. The molecule has 1 fully saturated rings. The van der Waals surface area contributed by atoms with E-state index in [-0.39, 0.29) is 27.6 Å². The number of primary amides is 1. The van der Waals surface area contributed by atoms with Gasteiger partial charge in [0.05, 0.1) is 11.8 Å².